The van der Waals surface area contributed by atoms with E-state index < -0.39 is 6.10 Å². The van der Waals surface area contributed by atoms with E-state index in [0.29, 0.717) is 12.1 Å². The van der Waals surface area contributed by atoms with E-state index in [0.717, 1.165) is 21.3 Å². The summed E-state index contributed by atoms with van der Waals surface area (Å²) in [5, 5.41) is 16.5. The Labute approximate surface area is 142 Å². The molecule has 0 aromatic heterocycles. The van der Waals surface area contributed by atoms with Gasteiger partial charge in [-0.15, -0.1) is 0 Å². The molecule has 2 aromatic carbocycles. The number of nitrogens with zero attached hydrogens (tertiary/aromatic N) is 1. The zero-order valence-corrected chi connectivity index (χ0v) is 14.0. The van der Waals surface area contributed by atoms with Crippen LogP contribution in [0, 0.1) is 6.92 Å². The van der Waals surface area contributed by atoms with E-state index in [1.807, 2.05) is 31.2 Å². The predicted molar refractivity (Wildman–Crippen MR) is 91.6 cm³/mol. The number of oxime groups is 1. The molecule has 2 N–H and O–H groups in total. The average Bonchev–Trinajstić information content (AvgIpc) is 3.01. The minimum absolute atomic E-state index is 0.0232. The van der Waals surface area contributed by atoms with Gasteiger partial charge < -0.3 is 15.3 Å². The number of nitrogens with one attached hydrogen (secondary N) is 1. The molecule has 1 amide bonds. The van der Waals surface area contributed by atoms with E-state index in [4.69, 9.17) is 4.84 Å². The molecule has 118 valence electrons. The first-order valence-electron chi connectivity index (χ1n) is 7.12. The molecule has 5 nitrogen and oxygen atoms in total. The Balaban J connectivity index is 1.68. The number of carbonyl (C=O) groups excluding carboxylic acids is 1. The molecular formula is C17H15BrN2O3. The molecule has 1 aliphatic heterocycles. The molecule has 0 aliphatic carbocycles. The second-order valence-electron chi connectivity index (χ2n) is 5.36. The van der Waals surface area contributed by atoms with E-state index in [1.165, 1.54) is 0 Å². The summed E-state index contributed by atoms with van der Waals surface area (Å²) >= 11 is 3.41. The number of benzene rings is 2. The lowest BCUT2D eigenvalue weighted by atomic mass is 10.0. The van der Waals surface area contributed by atoms with Crippen molar-refractivity contribution >= 4 is 33.2 Å². The summed E-state index contributed by atoms with van der Waals surface area (Å²) in [6.45, 7) is 1.88. The zero-order valence-electron chi connectivity index (χ0n) is 12.4. The molecule has 0 saturated heterocycles. The number of aromatic hydroxyl groups is 1. The van der Waals surface area contributed by atoms with Crippen molar-refractivity contribution in [2.75, 3.05) is 5.32 Å². The standard InChI is InChI=1S/C17H15BrN2O3/c1-10-5-6-15(21)14(7-10)19-17(22)16-9-13(20-23-16)11-3-2-4-12(18)8-11/h2-8,16,21H,9H2,1H3,(H,19,22)/t16-/m0/s1. The highest BCUT2D eigenvalue weighted by Crippen LogP contribution is 2.26. The van der Waals surface area contributed by atoms with Gasteiger partial charge in [-0.25, -0.2) is 0 Å². The number of phenolic OH excluding ortho intramolecular Hbond substituents is 1. The van der Waals surface area contributed by atoms with E-state index in [-0.39, 0.29) is 11.7 Å². The number of hydrogen-bond donors (Lipinski definition) is 2. The average molecular weight is 375 g/mol. The van der Waals surface area contributed by atoms with E-state index in [1.54, 1.807) is 18.2 Å². The van der Waals surface area contributed by atoms with Crippen LogP contribution in [0.3, 0.4) is 0 Å². The topological polar surface area (TPSA) is 70.9 Å². The number of rotatable bonds is 3. The summed E-state index contributed by atoms with van der Waals surface area (Å²) in [7, 11) is 0. The number of phenols is 1. The first-order valence-corrected chi connectivity index (χ1v) is 7.91. The van der Waals surface area contributed by atoms with Gasteiger partial charge in [-0.1, -0.05) is 39.3 Å². The van der Waals surface area contributed by atoms with Gasteiger partial charge in [-0.2, -0.15) is 0 Å². The number of aryl methyl sites for hydroxylation is 1. The van der Waals surface area contributed by atoms with Gasteiger partial charge in [-0.05, 0) is 36.8 Å². The normalized spacial score (nSPS) is 16.6. The maximum absolute atomic E-state index is 12.3. The molecule has 1 atom stereocenters. The van der Waals surface area contributed by atoms with Gasteiger partial charge in [0.1, 0.15) is 5.75 Å². The van der Waals surface area contributed by atoms with Crippen molar-refractivity contribution < 1.29 is 14.7 Å². The quantitative estimate of drug-likeness (QED) is 0.806. The molecule has 0 saturated carbocycles. The molecular weight excluding hydrogens is 360 g/mol. The van der Waals surface area contributed by atoms with Gasteiger partial charge in [0, 0.05) is 16.5 Å². The first kappa shape index (κ1) is 15.6. The van der Waals surface area contributed by atoms with Gasteiger partial charge >= 0.3 is 0 Å². The molecule has 0 bridgehead atoms. The van der Waals surface area contributed by atoms with Crippen LogP contribution in [0.1, 0.15) is 17.5 Å². The minimum Gasteiger partial charge on any atom is -0.506 e. The lowest BCUT2D eigenvalue weighted by molar-refractivity contribution is -0.125. The molecule has 6 heteroatoms. The van der Waals surface area contributed by atoms with Crippen molar-refractivity contribution in [3.8, 4) is 5.75 Å². The van der Waals surface area contributed by atoms with E-state index in [9.17, 15) is 9.90 Å². The maximum Gasteiger partial charge on any atom is 0.268 e. The van der Waals surface area contributed by atoms with Crippen molar-refractivity contribution in [3.05, 3.63) is 58.1 Å². The molecule has 0 fully saturated rings. The fourth-order valence-corrected chi connectivity index (χ4v) is 2.72. The van der Waals surface area contributed by atoms with Crippen LogP contribution in [0.15, 0.2) is 52.1 Å². The van der Waals surface area contributed by atoms with Crippen LogP contribution < -0.4 is 5.32 Å². The van der Waals surface area contributed by atoms with Crippen LogP contribution >= 0.6 is 15.9 Å². The summed E-state index contributed by atoms with van der Waals surface area (Å²) in [5.41, 5.74) is 2.94. The van der Waals surface area contributed by atoms with E-state index >= 15 is 0 Å². The fourth-order valence-electron chi connectivity index (χ4n) is 2.32. The third-order valence-corrected chi connectivity index (χ3v) is 4.02. The maximum atomic E-state index is 12.3. The highest BCUT2D eigenvalue weighted by atomic mass is 79.9. The van der Waals surface area contributed by atoms with E-state index in [2.05, 4.69) is 26.4 Å². The number of anilines is 1. The molecule has 0 radical (unpaired) electrons. The minimum atomic E-state index is -0.705. The van der Waals surface area contributed by atoms with Gasteiger partial charge in [-0.3, -0.25) is 4.79 Å². The van der Waals surface area contributed by atoms with Crippen molar-refractivity contribution in [1.82, 2.24) is 0 Å². The first-order chi connectivity index (χ1) is 11.0. The van der Waals surface area contributed by atoms with Crippen LogP contribution in [0.25, 0.3) is 0 Å². The summed E-state index contributed by atoms with van der Waals surface area (Å²) < 4.78 is 0.940. The summed E-state index contributed by atoms with van der Waals surface area (Å²) in [4.78, 5) is 17.5. The van der Waals surface area contributed by atoms with Gasteiger partial charge in [0.2, 0.25) is 6.10 Å². The van der Waals surface area contributed by atoms with Gasteiger partial charge in [0.25, 0.3) is 5.91 Å². The number of amides is 1. The number of halogens is 1. The lowest BCUT2D eigenvalue weighted by Gasteiger charge is -2.11. The molecule has 23 heavy (non-hydrogen) atoms. The summed E-state index contributed by atoms with van der Waals surface area (Å²) in [5.74, 6) is -0.310. The second-order valence-corrected chi connectivity index (χ2v) is 6.27. The summed E-state index contributed by atoms with van der Waals surface area (Å²) in [6, 6.07) is 12.7. The number of carbonyl (C=O) groups is 1. The third kappa shape index (κ3) is 3.53. The predicted octanol–water partition coefficient (Wildman–Crippen LogP) is 3.59. The van der Waals surface area contributed by atoms with Crippen LogP contribution in [0.4, 0.5) is 5.69 Å². The third-order valence-electron chi connectivity index (χ3n) is 3.53. The Kier molecular flexibility index (Phi) is 4.34. The molecule has 3 rings (SSSR count). The smallest absolute Gasteiger partial charge is 0.268 e. The highest BCUT2D eigenvalue weighted by Gasteiger charge is 2.29. The van der Waals surface area contributed by atoms with Crippen LogP contribution in [-0.4, -0.2) is 22.8 Å². The number of hydrogen-bond acceptors (Lipinski definition) is 4. The SMILES string of the molecule is Cc1ccc(O)c(NC(=O)[C@@H]2CC(c3cccc(Br)c3)=NO2)c1. The Morgan fingerprint density at radius 2 is 2.17 bits per heavy atom. The van der Waals surface area contributed by atoms with Gasteiger partial charge in [0.15, 0.2) is 0 Å². The fraction of sp³-hybridized carbons (Fsp3) is 0.176. The second kappa shape index (κ2) is 6.42. The zero-order chi connectivity index (χ0) is 16.4. The molecule has 0 spiro atoms. The van der Waals surface area contributed by atoms with Crippen LogP contribution in [-0.2, 0) is 9.63 Å². The van der Waals surface area contributed by atoms with Crippen molar-refractivity contribution in [3.63, 3.8) is 0 Å². The molecule has 2 aromatic rings. The Bertz CT molecular complexity index is 789. The highest BCUT2D eigenvalue weighted by molar-refractivity contribution is 9.10. The van der Waals surface area contributed by atoms with Crippen molar-refractivity contribution in [2.24, 2.45) is 5.16 Å². The monoisotopic (exact) mass is 374 g/mol. The molecule has 1 heterocycles. The van der Waals surface area contributed by atoms with Crippen LogP contribution in [0.5, 0.6) is 5.75 Å². The Morgan fingerprint density at radius 3 is 2.96 bits per heavy atom. The molecule has 0 unspecified atom stereocenters. The van der Waals surface area contributed by atoms with Gasteiger partial charge in [0.05, 0.1) is 11.4 Å². The van der Waals surface area contributed by atoms with Crippen LogP contribution in [0.2, 0.25) is 0 Å². The lowest BCUT2D eigenvalue weighted by Crippen LogP contribution is -2.28. The Morgan fingerprint density at radius 1 is 1.35 bits per heavy atom. The largest absolute Gasteiger partial charge is 0.506 e. The van der Waals surface area contributed by atoms with Crippen molar-refractivity contribution in [1.29, 1.82) is 0 Å². The summed E-state index contributed by atoms with van der Waals surface area (Å²) in [6.07, 6.45) is -0.321. The van der Waals surface area contributed by atoms with Crippen molar-refractivity contribution in [2.45, 2.75) is 19.4 Å². The Hall–Kier alpha value is -2.34. The molecule has 1 aliphatic rings.